The Morgan fingerprint density at radius 1 is 0.929 bits per heavy atom. The van der Waals surface area contributed by atoms with Crippen LogP contribution < -0.4 is 9.47 Å². The summed E-state index contributed by atoms with van der Waals surface area (Å²) < 4.78 is 18.2. The van der Waals surface area contributed by atoms with Crippen LogP contribution in [0, 0.1) is 0 Å². The highest BCUT2D eigenvalue weighted by molar-refractivity contribution is 7.98. The molecule has 0 aliphatic rings. The van der Waals surface area contributed by atoms with E-state index < -0.39 is 0 Å². The lowest BCUT2D eigenvalue weighted by atomic mass is 10.2. The van der Waals surface area contributed by atoms with Gasteiger partial charge in [-0.25, -0.2) is 4.98 Å². The van der Waals surface area contributed by atoms with Crippen LogP contribution in [0.4, 0.5) is 0 Å². The molecule has 0 N–H and O–H groups in total. The molecule has 0 radical (unpaired) electrons. The lowest BCUT2D eigenvalue weighted by Gasteiger charge is -2.07. The van der Waals surface area contributed by atoms with Gasteiger partial charge in [0.25, 0.3) is 0 Å². The molecular weight excluding hydrogens is 376 g/mol. The number of aromatic nitrogens is 4. The third-order valence-electron chi connectivity index (χ3n) is 4.09. The minimum atomic E-state index is 0.483. The summed E-state index contributed by atoms with van der Waals surface area (Å²) in [6.07, 6.45) is 3.68. The van der Waals surface area contributed by atoms with Crippen molar-refractivity contribution in [3.05, 3.63) is 66.8 Å². The number of benzene rings is 2. The van der Waals surface area contributed by atoms with Gasteiger partial charge in [-0.2, -0.15) is 0 Å². The van der Waals surface area contributed by atoms with Crippen molar-refractivity contribution in [1.82, 2.24) is 19.7 Å². The van der Waals surface area contributed by atoms with Crippen LogP contribution in [0.15, 0.2) is 70.5 Å². The van der Waals surface area contributed by atoms with Crippen molar-refractivity contribution in [3.63, 3.8) is 0 Å². The fourth-order valence-corrected chi connectivity index (χ4v) is 3.43. The van der Waals surface area contributed by atoms with E-state index in [0.717, 1.165) is 27.9 Å². The van der Waals surface area contributed by atoms with Crippen molar-refractivity contribution in [3.8, 4) is 28.6 Å². The van der Waals surface area contributed by atoms with Gasteiger partial charge < -0.3 is 13.9 Å². The highest BCUT2D eigenvalue weighted by atomic mass is 32.2. The molecule has 28 heavy (non-hydrogen) atoms. The second-order valence-corrected chi connectivity index (χ2v) is 6.74. The third-order valence-corrected chi connectivity index (χ3v) is 5.04. The summed E-state index contributed by atoms with van der Waals surface area (Å²) in [5.41, 5.74) is 1.86. The van der Waals surface area contributed by atoms with Gasteiger partial charge in [0.05, 0.1) is 20.0 Å². The van der Waals surface area contributed by atoms with Gasteiger partial charge in [-0.15, -0.1) is 10.2 Å². The minimum absolute atomic E-state index is 0.483. The molecule has 2 aromatic heterocycles. The van der Waals surface area contributed by atoms with E-state index >= 15 is 0 Å². The maximum Gasteiger partial charge on any atom is 0.247 e. The molecule has 142 valence electrons. The van der Waals surface area contributed by atoms with Gasteiger partial charge in [-0.3, -0.25) is 4.57 Å². The molecule has 0 saturated carbocycles. The first-order chi connectivity index (χ1) is 13.8. The second-order valence-electron chi connectivity index (χ2n) is 5.80. The van der Waals surface area contributed by atoms with E-state index in [0.29, 0.717) is 17.5 Å². The number of hydrogen-bond donors (Lipinski definition) is 0. The summed E-state index contributed by atoms with van der Waals surface area (Å²) >= 11 is 1.53. The monoisotopic (exact) mass is 394 g/mol. The van der Waals surface area contributed by atoms with E-state index in [2.05, 4.69) is 15.2 Å². The van der Waals surface area contributed by atoms with Gasteiger partial charge in [-0.1, -0.05) is 11.8 Å². The Labute approximate surface area is 166 Å². The first kappa shape index (κ1) is 18.1. The average molecular weight is 394 g/mol. The fourth-order valence-electron chi connectivity index (χ4n) is 2.62. The Morgan fingerprint density at radius 2 is 1.61 bits per heavy atom. The Balaban J connectivity index is 1.45. The quantitative estimate of drug-likeness (QED) is 0.434. The van der Waals surface area contributed by atoms with Gasteiger partial charge in [-0.05, 0) is 48.5 Å². The third kappa shape index (κ3) is 3.86. The van der Waals surface area contributed by atoms with Crippen LogP contribution in [0.2, 0.25) is 0 Å². The van der Waals surface area contributed by atoms with E-state index in [1.807, 2.05) is 59.3 Å². The van der Waals surface area contributed by atoms with Crippen LogP contribution in [-0.4, -0.2) is 34.0 Å². The summed E-state index contributed by atoms with van der Waals surface area (Å²) in [4.78, 5) is 4.43. The maximum atomic E-state index is 5.78. The molecule has 0 aliphatic carbocycles. The normalized spacial score (nSPS) is 10.8. The molecule has 0 amide bonds. The smallest absolute Gasteiger partial charge is 0.247 e. The standard InChI is InChI=1S/C20H18N4O3S/c1-25-16-7-3-14(4-8-16)19-23-22-18(27-19)13-28-20-21-11-12-24(20)15-5-9-17(26-2)10-6-15/h3-12H,13H2,1-2H3. The molecule has 8 heteroatoms. The maximum absolute atomic E-state index is 5.78. The molecule has 0 unspecified atom stereocenters. The molecule has 0 saturated heterocycles. The number of methoxy groups -OCH3 is 2. The van der Waals surface area contributed by atoms with Gasteiger partial charge in [0.15, 0.2) is 5.16 Å². The highest BCUT2D eigenvalue weighted by Crippen LogP contribution is 2.27. The summed E-state index contributed by atoms with van der Waals surface area (Å²) in [5, 5.41) is 9.11. The molecule has 7 nitrogen and oxygen atoms in total. The largest absolute Gasteiger partial charge is 0.497 e. The van der Waals surface area contributed by atoms with Gasteiger partial charge >= 0.3 is 0 Å². The van der Waals surface area contributed by atoms with Crippen LogP contribution in [0.1, 0.15) is 5.89 Å². The molecule has 0 bridgehead atoms. The van der Waals surface area contributed by atoms with Crippen LogP contribution in [0.5, 0.6) is 11.5 Å². The zero-order chi connectivity index (χ0) is 19.3. The summed E-state index contributed by atoms with van der Waals surface area (Å²) in [6, 6.07) is 15.3. The summed E-state index contributed by atoms with van der Waals surface area (Å²) in [5.74, 6) is 3.15. The molecule has 0 aliphatic heterocycles. The Hall–Kier alpha value is -3.26. The van der Waals surface area contributed by atoms with Crippen molar-refractivity contribution in [1.29, 1.82) is 0 Å². The van der Waals surface area contributed by atoms with E-state index in [4.69, 9.17) is 13.9 Å². The lowest BCUT2D eigenvalue weighted by molar-refractivity contribution is 0.414. The summed E-state index contributed by atoms with van der Waals surface area (Å²) in [6.45, 7) is 0. The molecule has 0 fully saturated rings. The number of rotatable bonds is 7. The zero-order valence-electron chi connectivity index (χ0n) is 15.4. The fraction of sp³-hybridized carbons (Fsp3) is 0.150. The van der Waals surface area contributed by atoms with Crippen molar-refractivity contribution in [2.75, 3.05) is 14.2 Å². The molecule has 4 aromatic rings. The average Bonchev–Trinajstić information content (AvgIpc) is 3.42. The predicted octanol–water partition coefficient (Wildman–Crippen LogP) is 4.23. The molecule has 2 aromatic carbocycles. The first-order valence-electron chi connectivity index (χ1n) is 8.54. The van der Waals surface area contributed by atoms with Crippen molar-refractivity contribution in [2.24, 2.45) is 0 Å². The minimum Gasteiger partial charge on any atom is -0.497 e. The number of imidazole rings is 1. The van der Waals surface area contributed by atoms with Gasteiger partial charge in [0, 0.05) is 23.6 Å². The molecule has 0 atom stereocenters. The van der Waals surface area contributed by atoms with Crippen molar-refractivity contribution in [2.45, 2.75) is 10.9 Å². The molecule has 0 spiro atoms. The van der Waals surface area contributed by atoms with Crippen molar-refractivity contribution < 1.29 is 13.9 Å². The zero-order valence-corrected chi connectivity index (χ0v) is 16.2. The van der Waals surface area contributed by atoms with Crippen LogP contribution in [0.25, 0.3) is 17.1 Å². The van der Waals surface area contributed by atoms with E-state index in [1.165, 1.54) is 11.8 Å². The Bertz CT molecular complexity index is 1040. The topological polar surface area (TPSA) is 75.2 Å². The van der Waals surface area contributed by atoms with E-state index in [9.17, 15) is 0 Å². The van der Waals surface area contributed by atoms with E-state index in [1.54, 1.807) is 20.4 Å². The van der Waals surface area contributed by atoms with Gasteiger partial charge in [0.2, 0.25) is 11.8 Å². The number of hydrogen-bond acceptors (Lipinski definition) is 7. The van der Waals surface area contributed by atoms with Crippen LogP contribution in [-0.2, 0) is 5.75 Å². The van der Waals surface area contributed by atoms with E-state index in [-0.39, 0.29) is 0 Å². The molecule has 4 rings (SSSR count). The molecule has 2 heterocycles. The first-order valence-corrected chi connectivity index (χ1v) is 9.53. The SMILES string of the molecule is COc1ccc(-c2nnc(CSc3nccn3-c3ccc(OC)cc3)o2)cc1. The number of thioether (sulfide) groups is 1. The lowest BCUT2D eigenvalue weighted by Crippen LogP contribution is -1.95. The second kappa shape index (κ2) is 8.18. The number of ether oxygens (including phenoxy) is 2. The van der Waals surface area contributed by atoms with Crippen LogP contribution >= 0.6 is 11.8 Å². The van der Waals surface area contributed by atoms with Crippen molar-refractivity contribution >= 4 is 11.8 Å². The Kier molecular flexibility index (Phi) is 5.29. The predicted molar refractivity (Wildman–Crippen MR) is 106 cm³/mol. The Morgan fingerprint density at radius 3 is 2.29 bits per heavy atom. The number of nitrogens with zero attached hydrogens (tertiary/aromatic N) is 4. The highest BCUT2D eigenvalue weighted by Gasteiger charge is 2.12. The van der Waals surface area contributed by atoms with Gasteiger partial charge in [0.1, 0.15) is 11.5 Å². The van der Waals surface area contributed by atoms with Crippen LogP contribution in [0.3, 0.4) is 0 Å². The molecular formula is C20H18N4O3S. The summed E-state index contributed by atoms with van der Waals surface area (Å²) in [7, 11) is 3.28.